The predicted molar refractivity (Wildman–Crippen MR) is 97.9 cm³/mol. The highest BCUT2D eigenvalue weighted by molar-refractivity contribution is 6.05. The van der Waals surface area contributed by atoms with Crippen LogP contribution in [-0.2, 0) is 0 Å². The van der Waals surface area contributed by atoms with Gasteiger partial charge in [-0.2, -0.15) is 5.10 Å². The van der Waals surface area contributed by atoms with E-state index in [1.54, 1.807) is 6.20 Å². The van der Waals surface area contributed by atoms with E-state index in [1.807, 2.05) is 10.7 Å². The van der Waals surface area contributed by atoms with Crippen molar-refractivity contribution in [1.29, 1.82) is 0 Å². The van der Waals surface area contributed by atoms with Gasteiger partial charge in [0, 0.05) is 30.7 Å². The molecular weight excluding hydrogens is 314 g/mol. The molecule has 6 nitrogen and oxygen atoms in total. The molecule has 3 heterocycles. The Morgan fingerprint density at radius 3 is 2.76 bits per heavy atom. The molecule has 134 valence electrons. The molecule has 1 saturated heterocycles. The van der Waals surface area contributed by atoms with Crippen LogP contribution in [0.4, 0.5) is 0 Å². The molecule has 2 aromatic heterocycles. The van der Waals surface area contributed by atoms with E-state index in [-0.39, 0.29) is 11.9 Å². The Balaban J connectivity index is 1.57. The number of hydrogen-bond acceptors (Lipinski definition) is 4. The fourth-order valence-electron chi connectivity index (χ4n) is 3.62. The number of fused-ring (bicyclic) bond motifs is 1. The average Bonchev–Trinajstić information content (AvgIpc) is 3.14. The topological polar surface area (TPSA) is 63.1 Å². The van der Waals surface area contributed by atoms with E-state index in [0.29, 0.717) is 12.5 Å². The first-order valence-electron chi connectivity index (χ1n) is 9.52. The van der Waals surface area contributed by atoms with Crippen LogP contribution in [0.25, 0.3) is 11.0 Å². The SMILES string of the molecule is CC(C)n1ncc2c(C(=O)NCCN3CCCC3)cc(C3CC3)nc21. The number of carbonyl (C=O) groups excluding carboxylic acids is 1. The van der Waals surface area contributed by atoms with Crippen molar-refractivity contribution in [2.24, 2.45) is 0 Å². The third kappa shape index (κ3) is 3.40. The van der Waals surface area contributed by atoms with Crippen molar-refractivity contribution < 1.29 is 4.79 Å². The third-order valence-corrected chi connectivity index (χ3v) is 5.23. The van der Waals surface area contributed by atoms with Gasteiger partial charge in [0.15, 0.2) is 5.65 Å². The van der Waals surface area contributed by atoms with Crippen LogP contribution in [0.3, 0.4) is 0 Å². The molecule has 1 amide bonds. The maximum atomic E-state index is 12.8. The molecular formula is C19H27N5O. The molecule has 0 unspecified atom stereocenters. The number of rotatable bonds is 6. The lowest BCUT2D eigenvalue weighted by Gasteiger charge is -2.15. The van der Waals surface area contributed by atoms with Gasteiger partial charge in [0.25, 0.3) is 5.91 Å². The lowest BCUT2D eigenvalue weighted by molar-refractivity contribution is 0.0951. The van der Waals surface area contributed by atoms with Crippen molar-refractivity contribution >= 4 is 16.9 Å². The van der Waals surface area contributed by atoms with Crippen LogP contribution in [0.1, 0.15) is 67.5 Å². The molecule has 0 radical (unpaired) electrons. The molecule has 2 fully saturated rings. The second kappa shape index (κ2) is 6.75. The zero-order valence-corrected chi connectivity index (χ0v) is 15.2. The highest BCUT2D eigenvalue weighted by atomic mass is 16.1. The summed E-state index contributed by atoms with van der Waals surface area (Å²) in [7, 11) is 0. The highest BCUT2D eigenvalue weighted by Crippen LogP contribution is 2.40. The number of likely N-dealkylation sites (tertiary alicyclic amines) is 1. The van der Waals surface area contributed by atoms with Gasteiger partial charge in [0.05, 0.1) is 17.1 Å². The number of aromatic nitrogens is 3. The monoisotopic (exact) mass is 341 g/mol. The number of pyridine rings is 1. The minimum atomic E-state index is -0.00296. The van der Waals surface area contributed by atoms with Crippen molar-refractivity contribution in [2.45, 2.75) is 51.5 Å². The van der Waals surface area contributed by atoms with E-state index in [2.05, 4.69) is 29.2 Å². The summed E-state index contributed by atoms with van der Waals surface area (Å²) in [6.45, 7) is 8.12. The second-order valence-corrected chi connectivity index (χ2v) is 7.59. The lowest BCUT2D eigenvalue weighted by Crippen LogP contribution is -2.33. The van der Waals surface area contributed by atoms with E-state index in [1.165, 1.54) is 25.7 Å². The molecule has 0 atom stereocenters. The van der Waals surface area contributed by atoms with Gasteiger partial charge in [-0.15, -0.1) is 0 Å². The Labute approximate surface area is 148 Å². The van der Waals surface area contributed by atoms with E-state index in [9.17, 15) is 4.79 Å². The zero-order chi connectivity index (χ0) is 17.4. The third-order valence-electron chi connectivity index (χ3n) is 5.23. The van der Waals surface area contributed by atoms with Crippen molar-refractivity contribution in [3.8, 4) is 0 Å². The number of nitrogens with zero attached hydrogens (tertiary/aromatic N) is 4. The summed E-state index contributed by atoms with van der Waals surface area (Å²) in [6, 6.07) is 2.21. The first kappa shape index (κ1) is 16.5. The van der Waals surface area contributed by atoms with Gasteiger partial charge in [-0.1, -0.05) is 0 Å². The van der Waals surface area contributed by atoms with E-state index >= 15 is 0 Å². The van der Waals surface area contributed by atoms with Crippen molar-refractivity contribution in [3.63, 3.8) is 0 Å². The average molecular weight is 341 g/mol. The summed E-state index contributed by atoms with van der Waals surface area (Å²) >= 11 is 0. The smallest absolute Gasteiger partial charge is 0.252 e. The summed E-state index contributed by atoms with van der Waals surface area (Å²) in [6.07, 6.45) is 6.68. The Morgan fingerprint density at radius 2 is 2.08 bits per heavy atom. The van der Waals surface area contributed by atoms with Crippen LogP contribution >= 0.6 is 0 Å². The highest BCUT2D eigenvalue weighted by Gasteiger charge is 2.28. The van der Waals surface area contributed by atoms with E-state index < -0.39 is 0 Å². The first-order chi connectivity index (χ1) is 12.1. The molecule has 1 aliphatic carbocycles. The van der Waals surface area contributed by atoms with Gasteiger partial charge < -0.3 is 10.2 Å². The Bertz CT molecular complexity index is 771. The Kier molecular flexibility index (Phi) is 4.46. The normalized spacial score (nSPS) is 18.4. The standard InChI is InChI=1S/C19H27N5O/c1-13(2)24-18-16(12-21-24)15(11-17(22-18)14-5-6-14)19(25)20-7-10-23-8-3-4-9-23/h11-14H,3-10H2,1-2H3,(H,20,25). The van der Waals surface area contributed by atoms with Crippen molar-refractivity contribution in [1.82, 2.24) is 25.0 Å². The minimum Gasteiger partial charge on any atom is -0.351 e. The van der Waals surface area contributed by atoms with Crippen LogP contribution in [0, 0.1) is 0 Å². The molecule has 4 rings (SSSR count). The van der Waals surface area contributed by atoms with Crippen LogP contribution in [0.5, 0.6) is 0 Å². The van der Waals surface area contributed by atoms with Crippen LogP contribution in [-0.4, -0.2) is 51.8 Å². The molecule has 6 heteroatoms. The van der Waals surface area contributed by atoms with Crippen molar-refractivity contribution in [3.05, 3.63) is 23.5 Å². The van der Waals surface area contributed by atoms with Crippen molar-refractivity contribution in [2.75, 3.05) is 26.2 Å². The van der Waals surface area contributed by atoms with Crippen LogP contribution < -0.4 is 5.32 Å². The van der Waals surface area contributed by atoms with Gasteiger partial charge >= 0.3 is 0 Å². The second-order valence-electron chi connectivity index (χ2n) is 7.59. The molecule has 1 N–H and O–H groups in total. The molecule has 0 aromatic carbocycles. The van der Waals surface area contributed by atoms with Gasteiger partial charge in [-0.3, -0.25) is 4.79 Å². The maximum absolute atomic E-state index is 12.8. The summed E-state index contributed by atoms with van der Waals surface area (Å²) in [5.74, 6) is 0.507. The quantitative estimate of drug-likeness (QED) is 0.877. The summed E-state index contributed by atoms with van der Waals surface area (Å²) in [5.41, 5.74) is 2.60. The molecule has 0 bridgehead atoms. The van der Waals surface area contributed by atoms with Crippen LogP contribution in [0.2, 0.25) is 0 Å². The number of carbonyl (C=O) groups is 1. The number of hydrogen-bond donors (Lipinski definition) is 1. The number of nitrogens with one attached hydrogen (secondary N) is 1. The molecule has 1 aliphatic heterocycles. The molecule has 2 aliphatic rings. The molecule has 0 spiro atoms. The first-order valence-corrected chi connectivity index (χ1v) is 9.52. The minimum absolute atomic E-state index is 0.00296. The zero-order valence-electron chi connectivity index (χ0n) is 15.2. The van der Waals surface area contributed by atoms with Gasteiger partial charge in [0.1, 0.15) is 0 Å². The lowest BCUT2D eigenvalue weighted by atomic mass is 10.1. The molecule has 25 heavy (non-hydrogen) atoms. The van der Waals surface area contributed by atoms with Crippen LogP contribution in [0.15, 0.2) is 12.3 Å². The van der Waals surface area contributed by atoms with E-state index in [0.717, 1.165) is 41.9 Å². The van der Waals surface area contributed by atoms with E-state index in [4.69, 9.17) is 4.98 Å². The molecule has 2 aromatic rings. The Hall–Kier alpha value is -1.95. The van der Waals surface area contributed by atoms with Gasteiger partial charge in [0.2, 0.25) is 0 Å². The predicted octanol–water partition coefficient (Wildman–Crippen LogP) is 2.72. The molecule has 1 saturated carbocycles. The summed E-state index contributed by atoms with van der Waals surface area (Å²) in [5, 5.41) is 8.42. The maximum Gasteiger partial charge on any atom is 0.252 e. The summed E-state index contributed by atoms with van der Waals surface area (Å²) in [4.78, 5) is 20.0. The van der Waals surface area contributed by atoms with Gasteiger partial charge in [-0.05, 0) is 58.7 Å². The Morgan fingerprint density at radius 1 is 1.32 bits per heavy atom. The fourth-order valence-corrected chi connectivity index (χ4v) is 3.62. The summed E-state index contributed by atoms with van der Waals surface area (Å²) < 4.78 is 1.92. The fraction of sp³-hybridized carbons (Fsp3) is 0.632. The largest absolute Gasteiger partial charge is 0.351 e. The van der Waals surface area contributed by atoms with Gasteiger partial charge in [-0.25, -0.2) is 9.67 Å². The number of amides is 1.